The van der Waals surface area contributed by atoms with E-state index in [0.717, 1.165) is 30.1 Å². The van der Waals surface area contributed by atoms with E-state index in [4.69, 9.17) is 5.26 Å². The number of nitriles is 1. The number of nitrogens with zero attached hydrogens (tertiary/aromatic N) is 5. The molecule has 2 atom stereocenters. The second kappa shape index (κ2) is 6.48. The fourth-order valence-electron chi connectivity index (χ4n) is 4.41. The van der Waals surface area contributed by atoms with Crippen LogP contribution in [0.1, 0.15) is 32.4 Å². The van der Waals surface area contributed by atoms with Crippen LogP contribution in [0.15, 0.2) is 18.2 Å². The Morgan fingerprint density at radius 3 is 2.71 bits per heavy atom. The van der Waals surface area contributed by atoms with Crippen molar-refractivity contribution in [2.45, 2.75) is 44.3 Å². The van der Waals surface area contributed by atoms with Crippen LogP contribution in [0.25, 0.3) is 0 Å². The predicted molar refractivity (Wildman–Crippen MR) is 99.1 cm³/mol. The topological polar surface area (TPSA) is 110 Å². The van der Waals surface area contributed by atoms with Crippen molar-refractivity contribution >= 4 is 23.7 Å². The summed E-state index contributed by atoms with van der Waals surface area (Å²) in [5, 5.41) is 11.7. The van der Waals surface area contributed by atoms with Gasteiger partial charge < -0.3 is 15.1 Å². The summed E-state index contributed by atoms with van der Waals surface area (Å²) in [5.74, 6) is 0.151. The molecule has 146 valence electrons. The number of carbonyl (C=O) groups is 3. The molecule has 3 fully saturated rings. The first-order chi connectivity index (χ1) is 13.3. The quantitative estimate of drug-likeness (QED) is 0.761. The Hall–Kier alpha value is -3.15. The van der Waals surface area contributed by atoms with E-state index < -0.39 is 11.6 Å². The van der Waals surface area contributed by atoms with Gasteiger partial charge in [-0.05, 0) is 38.8 Å². The van der Waals surface area contributed by atoms with E-state index in [2.05, 4.69) is 21.3 Å². The fourth-order valence-corrected chi connectivity index (χ4v) is 4.41. The van der Waals surface area contributed by atoms with Crippen molar-refractivity contribution in [3.63, 3.8) is 0 Å². The molecule has 0 aromatic carbocycles. The van der Waals surface area contributed by atoms with E-state index in [1.54, 1.807) is 24.8 Å². The number of fused-ring (bicyclic) bond motifs is 1. The third-order valence-electron chi connectivity index (χ3n) is 5.78. The van der Waals surface area contributed by atoms with Crippen molar-refractivity contribution in [2.24, 2.45) is 0 Å². The lowest BCUT2D eigenvalue weighted by Gasteiger charge is -2.27. The number of hydrogen-bond donors (Lipinski definition) is 1. The average Bonchev–Trinajstić information content (AvgIpc) is 3.31. The number of hydrogen-bond acceptors (Lipinski definition) is 6. The SMILES string of the molecule is CC1(C)NC(=O)N(CC(=O)N2CC[C@H]3[C@@H]2CCN3c2cccc(C#N)n2)C1=O. The number of likely N-dealkylation sites (tertiary alicyclic amines) is 1. The second-order valence-corrected chi connectivity index (χ2v) is 7.93. The standard InChI is InChI=1S/C19H22N6O3/c1-19(2)17(27)25(18(28)22-19)11-16(26)24-9-7-13-14(24)6-8-23(13)15-5-3-4-12(10-20)21-15/h3-5,13-14H,6-9,11H2,1-2H3,(H,22,28)/t13-,14-/m0/s1. The lowest BCUT2D eigenvalue weighted by atomic mass is 10.1. The van der Waals surface area contributed by atoms with Crippen LogP contribution in [0.3, 0.4) is 0 Å². The number of pyridine rings is 1. The first-order valence-corrected chi connectivity index (χ1v) is 9.39. The third-order valence-corrected chi connectivity index (χ3v) is 5.78. The van der Waals surface area contributed by atoms with Gasteiger partial charge in [0.05, 0.1) is 12.1 Å². The largest absolute Gasteiger partial charge is 0.351 e. The van der Waals surface area contributed by atoms with Gasteiger partial charge in [0, 0.05) is 13.1 Å². The monoisotopic (exact) mass is 382 g/mol. The molecule has 4 heterocycles. The minimum absolute atomic E-state index is 0.0221. The van der Waals surface area contributed by atoms with Gasteiger partial charge >= 0.3 is 6.03 Å². The third kappa shape index (κ3) is 2.85. The van der Waals surface area contributed by atoms with E-state index in [-0.39, 0.29) is 30.4 Å². The number of carbonyl (C=O) groups excluding carboxylic acids is 3. The molecule has 3 aliphatic heterocycles. The highest BCUT2D eigenvalue weighted by Crippen LogP contribution is 2.34. The van der Waals surface area contributed by atoms with Crippen LogP contribution >= 0.6 is 0 Å². The lowest BCUT2D eigenvalue weighted by molar-refractivity contribution is -0.138. The van der Waals surface area contributed by atoms with Gasteiger partial charge in [-0.2, -0.15) is 5.26 Å². The van der Waals surface area contributed by atoms with Crippen LogP contribution in [-0.2, 0) is 9.59 Å². The van der Waals surface area contributed by atoms with Gasteiger partial charge in [-0.3, -0.25) is 14.5 Å². The Labute approximate surface area is 162 Å². The molecule has 1 aromatic heterocycles. The summed E-state index contributed by atoms with van der Waals surface area (Å²) in [7, 11) is 0. The van der Waals surface area contributed by atoms with Gasteiger partial charge in [0.1, 0.15) is 29.7 Å². The Morgan fingerprint density at radius 2 is 2.04 bits per heavy atom. The molecule has 0 saturated carbocycles. The predicted octanol–water partition coefficient (Wildman–Crippen LogP) is 0.463. The molecule has 0 unspecified atom stereocenters. The molecule has 9 nitrogen and oxygen atoms in total. The maximum Gasteiger partial charge on any atom is 0.325 e. The zero-order chi connectivity index (χ0) is 20.1. The first-order valence-electron chi connectivity index (χ1n) is 9.39. The van der Waals surface area contributed by atoms with Gasteiger partial charge in [-0.25, -0.2) is 9.78 Å². The maximum atomic E-state index is 12.9. The first kappa shape index (κ1) is 18.2. The van der Waals surface area contributed by atoms with Crippen LogP contribution in [0, 0.1) is 11.3 Å². The molecule has 4 rings (SSSR count). The molecular weight excluding hydrogens is 360 g/mol. The molecule has 9 heteroatoms. The molecule has 0 spiro atoms. The smallest absolute Gasteiger partial charge is 0.325 e. The van der Waals surface area contributed by atoms with Crippen LogP contribution < -0.4 is 10.2 Å². The van der Waals surface area contributed by atoms with Gasteiger partial charge in [0.15, 0.2) is 0 Å². The summed E-state index contributed by atoms with van der Waals surface area (Å²) in [4.78, 5) is 46.6. The highest BCUT2D eigenvalue weighted by atomic mass is 16.2. The number of aromatic nitrogens is 1. The van der Waals surface area contributed by atoms with Crippen molar-refractivity contribution in [3.05, 3.63) is 23.9 Å². The number of urea groups is 1. The molecule has 1 aromatic rings. The minimum atomic E-state index is -0.980. The molecule has 0 aliphatic carbocycles. The Bertz CT molecular complexity index is 892. The van der Waals surface area contributed by atoms with E-state index in [1.165, 1.54) is 0 Å². The zero-order valence-electron chi connectivity index (χ0n) is 15.9. The molecule has 3 saturated heterocycles. The van der Waals surface area contributed by atoms with Crippen LogP contribution in [-0.4, -0.2) is 69.9 Å². The summed E-state index contributed by atoms with van der Waals surface area (Å²) in [6.45, 7) is 4.34. The van der Waals surface area contributed by atoms with Gasteiger partial charge in [0.2, 0.25) is 5.91 Å². The van der Waals surface area contributed by atoms with Crippen LogP contribution in [0.2, 0.25) is 0 Å². The maximum absolute atomic E-state index is 12.9. The van der Waals surface area contributed by atoms with Crippen molar-refractivity contribution in [1.82, 2.24) is 20.1 Å². The van der Waals surface area contributed by atoms with E-state index in [9.17, 15) is 14.4 Å². The highest BCUT2D eigenvalue weighted by molar-refractivity contribution is 6.08. The molecule has 0 radical (unpaired) electrons. The van der Waals surface area contributed by atoms with Crippen molar-refractivity contribution in [1.29, 1.82) is 5.26 Å². The summed E-state index contributed by atoms with van der Waals surface area (Å²) in [6, 6.07) is 7.04. The Balaban J connectivity index is 1.46. The molecule has 0 bridgehead atoms. The van der Waals surface area contributed by atoms with E-state index >= 15 is 0 Å². The molecule has 28 heavy (non-hydrogen) atoms. The number of nitrogens with one attached hydrogen (secondary N) is 1. The number of rotatable bonds is 3. The number of imide groups is 1. The summed E-state index contributed by atoms with van der Waals surface area (Å²) in [6.07, 6.45) is 1.58. The number of anilines is 1. The normalized spacial score (nSPS) is 25.7. The summed E-state index contributed by atoms with van der Waals surface area (Å²) >= 11 is 0. The Morgan fingerprint density at radius 1 is 1.29 bits per heavy atom. The summed E-state index contributed by atoms with van der Waals surface area (Å²) in [5.41, 5.74) is -0.611. The van der Waals surface area contributed by atoms with Crippen LogP contribution in [0.4, 0.5) is 10.6 Å². The van der Waals surface area contributed by atoms with Crippen molar-refractivity contribution in [2.75, 3.05) is 24.5 Å². The molecule has 4 amide bonds. The molecule has 1 N–H and O–H groups in total. The lowest BCUT2D eigenvalue weighted by Crippen LogP contribution is -2.47. The van der Waals surface area contributed by atoms with E-state index in [1.807, 2.05) is 12.1 Å². The fraction of sp³-hybridized carbons (Fsp3) is 0.526. The molecular formula is C19H22N6O3. The second-order valence-electron chi connectivity index (χ2n) is 7.93. The average molecular weight is 382 g/mol. The van der Waals surface area contributed by atoms with Crippen molar-refractivity contribution in [3.8, 4) is 6.07 Å². The van der Waals surface area contributed by atoms with Gasteiger partial charge in [0.25, 0.3) is 5.91 Å². The van der Waals surface area contributed by atoms with Gasteiger partial charge in [-0.15, -0.1) is 0 Å². The Kier molecular flexibility index (Phi) is 4.22. The molecule has 3 aliphatic rings. The number of amides is 4. The van der Waals surface area contributed by atoms with Gasteiger partial charge in [-0.1, -0.05) is 6.07 Å². The summed E-state index contributed by atoms with van der Waals surface area (Å²) < 4.78 is 0. The minimum Gasteiger partial charge on any atom is -0.351 e. The highest BCUT2D eigenvalue weighted by Gasteiger charge is 2.48. The van der Waals surface area contributed by atoms with E-state index in [0.29, 0.717) is 12.2 Å². The van der Waals surface area contributed by atoms with Crippen molar-refractivity contribution < 1.29 is 14.4 Å². The zero-order valence-corrected chi connectivity index (χ0v) is 15.9. The van der Waals surface area contributed by atoms with Crippen LogP contribution in [0.5, 0.6) is 0 Å².